The molecule has 0 bridgehead atoms. The summed E-state index contributed by atoms with van der Waals surface area (Å²) in [4.78, 5) is 20.5. The van der Waals surface area contributed by atoms with Crippen molar-refractivity contribution in [1.29, 1.82) is 0 Å². The van der Waals surface area contributed by atoms with Crippen LogP contribution in [0.4, 0.5) is 9.59 Å². The van der Waals surface area contributed by atoms with Crippen molar-refractivity contribution in [2.24, 2.45) is 0 Å². The molecule has 0 radical (unpaired) electrons. The van der Waals surface area contributed by atoms with Crippen LogP contribution in [-0.2, 0) is 0 Å². The van der Waals surface area contributed by atoms with Gasteiger partial charge in [-0.05, 0) is 12.8 Å². The Morgan fingerprint density at radius 2 is 1.80 bits per heavy atom. The summed E-state index contributed by atoms with van der Waals surface area (Å²) in [7, 11) is 0. The SMILES string of the molecule is N.N.O=C(O)NC1CCCN1NC(=O)O. The van der Waals surface area contributed by atoms with Crippen LogP contribution in [0, 0.1) is 0 Å². The molecule has 1 aliphatic heterocycles. The Morgan fingerprint density at radius 1 is 1.20 bits per heavy atom. The molecule has 0 aromatic carbocycles. The van der Waals surface area contributed by atoms with Crippen LogP contribution < -0.4 is 23.0 Å². The van der Waals surface area contributed by atoms with Crippen molar-refractivity contribution in [3.05, 3.63) is 0 Å². The summed E-state index contributed by atoms with van der Waals surface area (Å²) in [6, 6.07) is 0. The first-order valence-corrected chi connectivity index (χ1v) is 3.85. The lowest BCUT2D eigenvalue weighted by atomic mass is 10.3. The van der Waals surface area contributed by atoms with Crippen molar-refractivity contribution < 1.29 is 19.8 Å². The third-order valence-electron chi connectivity index (χ3n) is 1.78. The third-order valence-corrected chi connectivity index (χ3v) is 1.78. The fourth-order valence-corrected chi connectivity index (χ4v) is 1.32. The lowest BCUT2D eigenvalue weighted by Crippen LogP contribution is -2.51. The molecule has 1 aliphatic rings. The number of hydrogen-bond acceptors (Lipinski definition) is 5. The number of rotatable bonds is 2. The number of nitrogens with zero attached hydrogens (tertiary/aromatic N) is 1. The quantitative estimate of drug-likeness (QED) is 0.387. The van der Waals surface area contributed by atoms with Gasteiger partial charge in [-0.15, -0.1) is 0 Å². The predicted molar refractivity (Wildman–Crippen MR) is 52.1 cm³/mol. The highest BCUT2D eigenvalue weighted by molar-refractivity contribution is 5.65. The minimum atomic E-state index is -1.18. The van der Waals surface area contributed by atoms with Gasteiger partial charge in [0.25, 0.3) is 0 Å². The topological polar surface area (TPSA) is 172 Å². The molecule has 0 aromatic heterocycles. The summed E-state index contributed by atoms with van der Waals surface area (Å²) >= 11 is 0. The number of amides is 2. The van der Waals surface area contributed by atoms with E-state index in [0.717, 1.165) is 6.42 Å². The summed E-state index contributed by atoms with van der Waals surface area (Å²) in [6.07, 6.45) is -1.39. The normalized spacial score (nSPS) is 19.6. The first-order valence-electron chi connectivity index (χ1n) is 3.85. The lowest BCUT2D eigenvalue weighted by molar-refractivity contribution is 0.113. The average Bonchev–Trinajstić information content (AvgIpc) is 2.34. The Hall–Kier alpha value is -1.58. The first kappa shape index (κ1) is 15.9. The van der Waals surface area contributed by atoms with Crippen molar-refractivity contribution in [3.63, 3.8) is 0 Å². The van der Waals surface area contributed by atoms with Crippen LogP contribution in [0.5, 0.6) is 0 Å². The van der Waals surface area contributed by atoms with Crippen molar-refractivity contribution in [1.82, 2.24) is 28.1 Å². The second-order valence-electron chi connectivity index (χ2n) is 2.72. The van der Waals surface area contributed by atoms with Crippen molar-refractivity contribution >= 4 is 12.2 Å². The molecule has 0 aromatic rings. The minimum Gasteiger partial charge on any atom is -0.465 e. The number of hydrogen-bond donors (Lipinski definition) is 6. The molecule has 1 heterocycles. The number of carboxylic acid groups (broad SMARTS) is 2. The van der Waals surface area contributed by atoms with Gasteiger partial charge in [0.1, 0.15) is 6.17 Å². The molecule has 1 fully saturated rings. The van der Waals surface area contributed by atoms with E-state index >= 15 is 0 Å². The maximum atomic E-state index is 10.3. The molecule has 2 amide bonds. The van der Waals surface area contributed by atoms with Gasteiger partial charge in [-0.3, -0.25) is 5.43 Å². The zero-order valence-corrected chi connectivity index (χ0v) is 8.27. The Balaban J connectivity index is 0. The molecule has 1 atom stereocenters. The van der Waals surface area contributed by atoms with Crippen LogP contribution in [0.2, 0.25) is 0 Å². The Kier molecular flexibility index (Phi) is 7.21. The van der Waals surface area contributed by atoms with Crippen LogP contribution in [-0.4, -0.2) is 40.1 Å². The standard InChI is InChI=1S/C6H11N3O4.2H3N/c10-5(11)7-4-2-1-3-9(4)8-6(12)13;;/h4,7-8H,1-3H2,(H,10,11)(H,12,13);2*1H3. The summed E-state index contributed by atoms with van der Waals surface area (Å²) < 4.78 is 0. The van der Waals surface area contributed by atoms with Gasteiger partial charge < -0.3 is 27.8 Å². The highest BCUT2D eigenvalue weighted by atomic mass is 16.4. The van der Waals surface area contributed by atoms with E-state index < -0.39 is 18.4 Å². The zero-order chi connectivity index (χ0) is 9.84. The summed E-state index contributed by atoms with van der Waals surface area (Å²) in [5.41, 5.74) is 2.12. The highest BCUT2D eigenvalue weighted by Gasteiger charge is 2.26. The van der Waals surface area contributed by atoms with Crippen molar-refractivity contribution in [3.8, 4) is 0 Å². The largest absolute Gasteiger partial charge is 0.465 e. The van der Waals surface area contributed by atoms with Crippen LogP contribution in [0.1, 0.15) is 12.8 Å². The highest BCUT2D eigenvalue weighted by Crippen LogP contribution is 2.11. The second kappa shape index (κ2) is 6.81. The van der Waals surface area contributed by atoms with Gasteiger partial charge in [-0.2, -0.15) is 5.01 Å². The van der Waals surface area contributed by atoms with Gasteiger partial charge in [-0.1, -0.05) is 0 Å². The van der Waals surface area contributed by atoms with E-state index in [1.807, 2.05) is 0 Å². The fourth-order valence-electron chi connectivity index (χ4n) is 1.32. The Morgan fingerprint density at radius 3 is 2.27 bits per heavy atom. The number of nitrogens with one attached hydrogen (secondary N) is 2. The maximum Gasteiger partial charge on any atom is 0.419 e. The average molecular weight is 223 g/mol. The van der Waals surface area contributed by atoms with Gasteiger partial charge in [0, 0.05) is 6.54 Å². The number of hydrazine groups is 1. The summed E-state index contributed by atoms with van der Waals surface area (Å²) in [5.74, 6) is 0. The monoisotopic (exact) mass is 223 g/mol. The van der Waals surface area contributed by atoms with E-state index in [0.29, 0.717) is 13.0 Å². The molecule has 9 nitrogen and oxygen atoms in total. The molecule has 9 heteroatoms. The van der Waals surface area contributed by atoms with Gasteiger partial charge in [0.2, 0.25) is 0 Å². The lowest BCUT2D eigenvalue weighted by Gasteiger charge is -2.22. The molecular weight excluding hydrogens is 206 g/mol. The first-order chi connectivity index (χ1) is 6.09. The molecule has 1 rings (SSSR count). The van der Waals surface area contributed by atoms with Gasteiger partial charge in [0.15, 0.2) is 0 Å². The van der Waals surface area contributed by atoms with Gasteiger partial charge >= 0.3 is 12.2 Å². The molecule has 1 saturated heterocycles. The Labute approximate surface area is 86.6 Å². The van der Waals surface area contributed by atoms with Crippen molar-refractivity contribution in [2.75, 3.05) is 6.54 Å². The van der Waals surface area contributed by atoms with E-state index in [9.17, 15) is 9.59 Å². The van der Waals surface area contributed by atoms with Gasteiger partial charge in [0.05, 0.1) is 0 Å². The molecule has 0 spiro atoms. The summed E-state index contributed by atoms with van der Waals surface area (Å²) in [6.45, 7) is 0.525. The van der Waals surface area contributed by atoms with E-state index in [1.54, 1.807) is 0 Å². The molecule has 10 N–H and O–H groups in total. The summed E-state index contributed by atoms with van der Waals surface area (Å²) in [5, 5.41) is 20.4. The van der Waals surface area contributed by atoms with E-state index in [4.69, 9.17) is 10.2 Å². The van der Waals surface area contributed by atoms with E-state index in [-0.39, 0.29) is 12.3 Å². The maximum absolute atomic E-state index is 10.3. The van der Waals surface area contributed by atoms with Crippen molar-refractivity contribution in [2.45, 2.75) is 19.0 Å². The van der Waals surface area contributed by atoms with Crippen LogP contribution in [0.3, 0.4) is 0 Å². The van der Waals surface area contributed by atoms with Gasteiger partial charge in [-0.25, -0.2) is 9.59 Å². The molecule has 90 valence electrons. The molecule has 0 saturated carbocycles. The van der Waals surface area contributed by atoms with Crippen LogP contribution >= 0.6 is 0 Å². The third kappa shape index (κ3) is 5.00. The number of carbonyl (C=O) groups is 2. The molecule has 0 aliphatic carbocycles. The van der Waals surface area contributed by atoms with E-state index in [2.05, 4.69) is 10.7 Å². The van der Waals surface area contributed by atoms with E-state index in [1.165, 1.54) is 5.01 Å². The Bertz CT molecular complexity index is 202. The molecule has 15 heavy (non-hydrogen) atoms. The minimum absolute atomic E-state index is 0. The second-order valence-corrected chi connectivity index (χ2v) is 2.72. The molecular formula is C6H17N5O4. The molecule has 1 unspecified atom stereocenters. The van der Waals surface area contributed by atoms with Crippen LogP contribution in [0.25, 0.3) is 0 Å². The zero-order valence-electron chi connectivity index (χ0n) is 8.27. The predicted octanol–water partition coefficient (Wildman–Crippen LogP) is 0.182. The fraction of sp³-hybridized carbons (Fsp3) is 0.667. The smallest absolute Gasteiger partial charge is 0.419 e. The van der Waals surface area contributed by atoms with Crippen LogP contribution in [0.15, 0.2) is 0 Å².